The second-order valence-electron chi connectivity index (χ2n) is 7.33. The minimum atomic E-state index is -0.365. The second kappa shape index (κ2) is 8.24. The summed E-state index contributed by atoms with van der Waals surface area (Å²) in [5.41, 5.74) is 2.95. The highest BCUT2D eigenvalue weighted by atomic mass is 35.5. The lowest BCUT2D eigenvalue weighted by atomic mass is 10.1. The molecular formula is C23H22ClN3O3. The monoisotopic (exact) mass is 423 g/mol. The molecule has 0 unspecified atom stereocenters. The van der Waals surface area contributed by atoms with Crippen LogP contribution in [0, 0.1) is 6.92 Å². The first-order valence-corrected chi connectivity index (χ1v) is 10.1. The molecule has 0 bridgehead atoms. The summed E-state index contributed by atoms with van der Waals surface area (Å²) in [5, 5.41) is 6.26. The quantitative estimate of drug-likeness (QED) is 0.609. The highest BCUT2D eigenvalue weighted by Crippen LogP contribution is 2.31. The van der Waals surface area contributed by atoms with Gasteiger partial charge in [-0.1, -0.05) is 17.7 Å². The van der Waals surface area contributed by atoms with Crippen LogP contribution in [0.3, 0.4) is 0 Å². The summed E-state index contributed by atoms with van der Waals surface area (Å²) in [6.45, 7) is 1.87. The zero-order valence-electron chi connectivity index (χ0n) is 16.7. The molecule has 2 aromatic carbocycles. The van der Waals surface area contributed by atoms with E-state index in [9.17, 15) is 9.59 Å². The van der Waals surface area contributed by atoms with E-state index in [0.717, 1.165) is 18.4 Å². The van der Waals surface area contributed by atoms with Crippen molar-refractivity contribution in [3.05, 3.63) is 76.6 Å². The van der Waals surface area contributed by atoms with Crippen molar-refractivity contribution in [2.45, 2.75) is 25.8 Å². The molecule has 0 aliphatic heterocycles. The molecule has 1 aromatic heterocycles. The van der Waals surface area contributed by atoms with Crippen LogP contribution in [0.5, 0.6) is 5.75 Å². The Balaban J connectivity index is 1.60. The average molecular weight is 424 g/mol. The van der Waals surface area contributed by atoms with Gasteiger partial charge >= 0.3 is 0 Å². The molecular weight excluding hydrogens is 402 g/mol. The minimum absolute atomic E-state index is 0.135. The molecule has 1 aliphatic carbocycles. The number of amides is 2. The first-order valence-electron chi connectivity index (χ1n) is 9.70. The summed E-state index contributed by atoms with van der Waals surface area (Å²) in [6, 6.07) is 12.6. The molecule has 0 saturated heterocycles. The Labute approximate surface area is 179 Å². The van der Waals surface area contributed by atoms with Crippen molar-refractivity contribution >= 4 is 29.1 Å². The van der Waals surface area contributed by atoms with E-state index in [0.29, 0.717) is 33.3 Å². The van der Waals surface area contributed by atoms with E-state index >= 15 is 0 Å². The third-order valence-corrected chi connectivity index (χ3v) is 5.36. The second-order valence-corrected chi connectivity index (χ2v) is 7.73. The predicted octanol–water partition coefficient (Wildman–Crippen LogP) is 4.59. The molecule has 1 heterocycles. The molecule has 0 spiro atoms. The minimum Gasteiger partial charge on any atom is -0.496 e. The van der Waals surface area contributed by atoms with Gasteiger partial charge in [-0.15, -0.1) is 0 Å². The fourth-order valence-electron chi connectivity index (χ4n) is 3.17. The number of ether oxygens (including phenoxy) is 1. The lowest BCUT2D eigenvalue weighted by molar-refractivity contribution is 0.0949. The Morgan fingerprint density at radius 2 is 1.83 bits per heavy atom. The molecule has 0 atom stereocenters. The van der Waals surface area contributed by atoms with Crippen LogP contribution in [0.1, 0.15) is 39.1 Å². The van der Waals surface area contributed by atoms with Gasteiger partial charge in [-0.2, -0.15) is 0 Å². The standard InChI is InChI=1S/C23H22ClN3O3/c1-14-5-6-15(22(28)25-16-7-8-16)11-19(14)26-23(29)17-12-18(24)20(13-21(17)30-2)27-9-3-4-10-27/h3-6,9-13,16H,7-8H2,1-2H3,(H,25,28)(H,26,29). The van der Waals surface area contributed by atoms with Gasteiger partial charge < -0.3 is 19.9 Å². The van der Waals surface area contributed by atoms with Crippen molar-refractivity contribution in [3.63, 3.8) is 0 Å². The number of hydrogen-bond donors (Lipinski definition) is 2. The van der Waals surface area contributed by atoms with Gasteiger partial charge in [0.2, 0.25) is 0 Å². The summed E-state index contributed by atoms with van der Waals surface area (Å²) >= 11 is 6.44. The average Bonchev–Trinajstić information content (AvgIpc) is 3.38. The third kappa shape index (κ3) is 4.19. The van der Waals surface area contributed by atoms with Crippen molar-refractivity contribution < 1.29 is 14.3 Å². The van der Waals surface area contributed by atoms with Crippen LogP contribution in [0.15, 0.2) is 54.9 Å². The third-order valence-electron chi connectivity index (χ3n) is 5.06. The van der Waals surface area contributed by atoms with Crippen molar-refractivity contribution in [1.82, 2.24) is 9.88 Å². The molecule has 154 valence electrons. The zero-order chi connectivity index (χ0) is 21.3. The SMILES string of the molecule is COc1cc(-n2cccc2)c(Cl)cc1C(=O)Nc1cc(C(=O)NC2CC2)ccc1C. The molecule has 4 rings (SSSR count). The largest absolute Gasteiger partial charge is 0.496 e. The van der Waals surface area contributed by atoms with E-state index in [2.05, 4.69) is 10.6 Å². The van der Waals surface area contributed by atoms with Crippen molar-refractivity contribution in [2.75, 3.05) is 12.4 Å². The van der Waals surface area contributed by atoms with Crippen LogP contribution >= 0.6 is 11.6 Å². The number of nitrogens with zero attached hydrogens (tertiary/aromatic N) is 1. The number of aryl methyl sites for hydroxylation is 1. The molecule has 6 nitrogen and oxygen atoms in total. The number of benzene rings is 2. The number of methoxy groups -OCH3 is 1. The predicted molar refractivity (Wildman–Crippen MR) is 117 cm³/mol. The molecule has 1 fully saturated rings. The van der Waals surface area contributed by atoms with Gasteiger partial charge in [-0.05, 0) is 55.7 Å². The molecule has 7 heteroatoms. The van der Waals surface area contributed by atoms with Gasteiger partial charge in [-0.25, -0.2) is 0 Å². The molecule has 1 aliphatic rings. The maximum Gasteiger partial charge on any atom is 0.259 e. The highest BCUT2D eigenvalue weighted by molar-refractivity contribution is 6.33. The number of carbonyl (C=O) groups excluding carboxylic acids is 2. The number of rotatable bonds is 6. The van der Waals surface area contributed by atoms with Crippen LogP contribution in [-0.2, 0) is 0 Å². The number of aromatic nitrogens is 1. The number of halogens is 1. The zero-order valence-corrected chi connectivity index (χ0v) is 17.5. The number of anilines is 1. The van der Waals surface area contributed by atoms with Gasteiger partial charge in [0.05, 0.1) is 23.4 Å². The Hall–Kier alpha value is -3.25. The normalized spacial score (nSPS) is 13.0. The van der Waals surface area contributed by atoms with Gasteiger partial charge in [0.25, 0.3) is 11.8 Å². The summed E-state index contributed by atoms with van der Waals surface area (Å²) in [4.78, 5) is 25.4. The Morgan fingerprint density at radius 1 is 1.10 bits per heavy atom. The summed E-state index contributed by atoms with van der Waals surface area (Å²) in [5.74, 6) is -0.0961. The van der Waals surface area contributed by atoms with Crippen LogP contribution < -0.4 is 15.4 Å². The highest BCUT2D eigenvalue weighted by Gasteiger charge is 2.24. The molecule has 3 aromatic rings. The van der Waals surface area contributed by atoms with E-state index in [1.807, 2.05) is 42.1 Å². The fraction of sp³-hybridized carbons (Fsp3) is 0.217. The lowest BCUT2D eigenvalue weighted by Gasteiger charge is -2.15. The van der Waals surface area contributed by atoms with Crippen molar-refractivity contribution in [2.24, 2.45) is 0 Å². The topological polar surface area (TPSA) is 72.4 Å². The van der Waals surface area contributed by atoms with E-state index in [1.54, 1.807) is 24.3 Å². The first-order chi connectivity index (χ1) is 14.5. The van der Waals surface area contributed by atoms with Gasteiger partial charge in [0, 0.05) is 35.8 Å². The number of nitrogens with one attached hydrogen (secondary N) is 2. The smallest absolute Gasteiger partial charge is 0.259 e. The summed E-state index contributed by atoms with van der Waals surface area (Å²) in [6.07, 6.45) is 5.76. The van der Waals surface area contributed by atoms with Crippen LogP contribution in [0.25, 0.3) is 5.69 Å². The maximum absolute atomic E-state index is 13.0. The fourth-order valence-corrected chi connectivity index (χ4v) is 3.43. The van der Waals surface area contributed by atoms with E-state index in [1.165, 1.54) is 7.11 Å². The van der Waals surface area contributed by atoms with E-state index in [-0.39, 0.29) is 17.9 Å². The van der Waals surface area contributed by atoms with E-state index < -0.39 is 0 Å². The van der Waals surface area contributed by atoms with Crippen LogP contribution in [0.2, 0.25) is 5.02 Å². The Kier molecular flexibility index (Phi) is 5.50. The first kappa shape index (κ1) is 20.0. The van der Waals surface area contributed by atoms with E-state index in [4.69, 9.17) is 16.3 Å². The van der Waals surface area contributed by atoms with Gasteiger partial charge in [0.1, 0.15) is 5.75 Å². The molecule has 2 amide bonds. The van der Waals surface area contributed by atoms with Crippen LogP contribution in [-0.4, -0.2) is 29.5 Å². The number of hydrogen-bond acceptors (Lipinski definition) is 3. The molecule has 0 radical (unpaired) electrons. The Bertz CT molecular complexity index is 1110. The molecule has 1 saturated carbocycles. The lowest BCUT2D eigenvalue weighted by Crippen LogP contribution is -2.25. The van der Waals surface area contributed by atoms with Gasteiger partial charge in [-0.3, -0.25) is 9.59 Å². The number of carbonyl (C=O) groups is 2. The molecule has 30 heavy (non-hydrogen) atoms. The van der Waals surface area contributed by atoms with Gasteiger partial charge in [0.15, 0.2) is 0 Å². The summed E-state index contributed by atoms with van der Waals surface area (Å²) in [7, 11) is 1.51. The van der Waals surface area contributed by atoms with Crippen molar-refractivity contribution in [1.29, 1.82) is 0 Å². The summed E-state index contributed by atoms with van der Waals surface area (Å²) < 4.78 is 7.29. The molecule has 2 N–H and O–H groups in total. The Morgan fingerprint density at radius 3 is 2.50 bits per heavy atom. The van der Waals surface area contributed by atoms with Crippen LogP contribution in [0.4, 0.5) is 5.69 Å². The van der Waals surface area contributed by atoms with Crippen molar-refractivity contribution in [3.8, 4) is 11.4 Å². The maximum atomic E-state index is 13.0.